The third kappa shape index (κ3) is 1.91. The van der Waals surface area contributed by atoms with E-state index in [2.05, 4.69) is 46.3 Å². The normalized spacial score (nSPS) is 34.2. The van der Waals surface area contributed by atoms with E-state index in [1.54, 1.807) is 7.11 Å². The van der Waals surface area contributed by atoms with Crippen LogP contribution in [-0.2, 0) is 18.3 Å². The van der Waals surface area contributed by atoms with Gasteiger partial charge in [-0.05, 0) is 61.4 Å². The third-order valence-electron chi connectivity index (χ3n) is 9.27. The van der Waals surface area contributed by atoms with Crippen LogP contribution in [0.15, 0.2) is 36.4 Å². The zero-order chi connectivity index (χ0) is 21.2. The molecule has 4 atom stereocenters. The van der Waals surface area contributed by atoms with Crippen LogP contribution < -0.4 is 9.47 Å². The lowest BCUT2D eigenvalue weighted by molar-refractivity contribution is -0.173. The Labute approximate surface area is 187 Å². The zero-order valence-corrected chi connectivity index (χ0v) is 18.4. The minimum Gasteiger partial charge on any atom is -0.493 e. The highest BCUT2D eigenvalue weighted by Crippen LogP contribution is 2.69. The summed E-state index contributed by atoms with van der Waals surface area (Å²) in [7, 11) is 1.71. The highest BCUT2D eigenvalue weighted by Gasteiger charge is 2.72. The molecule has 0 radical (unpaired) electrons. The Kier molecular flexibility index (Phi) is 3.20. The third-order valence-corrected chi connectivity index (χ3v) is 9.27. The minimum atomic E-state index is -0.854. The van der Waals surface area contributed by atoms with Crippen LogP contribution in [0.4, 0.5) is 0 Å². The van der Waals surface area contributed by atoms with Gasteiger partial charge in [0.15, 0.2) is 17.6 Å². The van der Waals surface area contributed by atoms with Gasteiger partial charge in [-0.3, -0.25) is 4.90 Å². The molecule has 3 aliphatic carbocycles. The fraction of sp³-hybridized carbons (Fsp3) is 0.481. The van der Waals surface area contributed by atoms with Crippen molar-refractivity contribution in [1.82, 2.24) is 9.88 Å². The average Bonchev–Trinajstić information content (AvgIpc) is 3.44. The van der Waals surface area contributed by atoms with Crippen LogP contribution >= 0.6 is 0 Å². The number of aromatic nitrogens is 1. The molecule has 1 spiro atoms. The number of nitrogens with one attached hydrogen (secondary N) is 1. The van der Waals surface area contributed by atoms with Gasteiger partial charge in [-0.15, -0.1) is 0 Å². The van der Waals surface area contributed by atoms with Crippen molar-refractivity contribution >= 4 is 10.9 Å². The van der Waals surface area contributed by atoms with E-state index >= 15 is 0 Å². The summed E-state index contributed by atoms with van der Waals surface area (Å²) in [6.07, 6.45) is 4.93. The molecule has 1 saturated heterocycles. The average molecular weight is 429 g/mol. The molecular weight excluding hydrogens is 400 g/mol. The first-order valence-corrected chi connectivity index (χ1v) is 12.1. The number of likely N-dealkylation sites (tertiary alicyclic amines) is 1. The molecule has 5 nitrogen and oxygen atoms in total. The van der Waals surface area contributed by atoms with E-state index in [4.69, 9.17) is 9.47 Å². The molecule has 3 heterocycles. The second-order valence-electron chi connectivity index (χ2n) is 10.7. The fourth-order valence-corrected chi connectivity index (χ4v) is 7.72. The van der Waals surface area contributed by atoms with Crippen molar-refractivity contribution < 1.29 is 14.6 Å². The number of H-pyrrole nitrogens is 1. The summed E-state index contributed by atoms with van der Waals surface area (Å²) >= 11 is 0. The molecule has 1 saturated carbocycles. The van der Waals surface area contributed by atoms with Crippen molar-refractivity contribution in [2.45, 2.75) is 55.3 Å². The number of methoxy groups -OCH3 is 1. The number of aliphatic hydroxyl groups is 1. The van der Waals surface area contributed by atoms with Gasteiger partial charge in [-0.25, -0.2) is 0 Å². The number of hydrogen-bond acceptors (Lipinski definition) is 4. The molecule has 164 valence electrons. The van der Waals surface area contributed by atoms with Crippen molar-refractivity contribution in [3.05, 3.63) is 58.8 Å². The first-order chi connectivity index (χ1) is 15.6. The highest BCUT2D eigenvalue weighted by molar-refractivity contribution is 5.86. The molecular formula is C27H28N2O3. The number of ether oxygens (including phenoxy) is 2. The van der Waals surface area contributed by atoms with Gasteiger partial charge in [0.2, 0.25) is 0 Å². The Bertz CT molecular complexity index is 1290. The molecule has 2 N–H and O–H groups in total. The molecule has 2 unspecified atom stereocenters. The summed E-state index contributed by atoms with van der Waals surface area (Å²) in [5.74, 6) is 2.45. The number of nitrogens with zero attached hydrogens (tertiary/aromatic N) is 1. The molecule has 5 aliphatic rings. The molecule has 2 aliphatic heterocycles. The molecule has 2 aromatic carbocycles. The maximum atomic E-state index is 12.8. The Morgan fingerprint density at radius 2 is 2.09 bits per heavy atom. The predicted octanol–water partition coefficient (Wildman–Crippen LogP) is 3.88. The summed E-state index contributed by atoms with van der Waals surface area (Å²) in [5.41, 5.74) is 4.78. The Hall–Kier alpha value is -2.50. The predicted molar refractivity (Wildman–Crippen MR) is 121 cm³/mol. The lowest BCUT2D eigenvalue weighted by atomic mass is 9.49. The summed E-state index contributed by atoms with van der Waals surface area (Å²) in [6.45, 7) is 2.14. The van der Waals surface area contributed by atoms with Gasteiger partial charge in [0.05, 0.1) is 23.8 Å². The summed E-state index contributed by atoms with van der Waals surface area (Å²) in [5, 5.41) is 14.0. The van der Waals surface area contributed by atoms with E-state index < -0.39 is 11.0 Å². The summed E-state index contributed by atoms with van der Waals surface area (Å²) in [6, 6.07) is 12.9. The van der Waals surface area contributed by atoms with Gasteiger partial charge in [-0.2, -0.15) is 0 Å². The second kappa shape index (κ2) is 5.70. The van der Waals surface area contributed by atoms with E-state index in [-0.39, 0.29) is 12.1 Å². The fourth-order valence-electron chi connectivity index (χ4n) is 7.72. The quantitative estimate of drug-likeness (QED) is 0.665. The van der Waals surface area contributed by atoms with Crippen LogP contribution in [-0.4, -0.2) is 46.8 Å². The van der Waals surface area contributed by atoms with E-state index in [0.717, 1.165) is 54.6 Å². The number of hydrogen-bond donors (Lipinski definition) is 2. The van der Waals surface area contributed by atoms with E-state index in [1.807, 2.05) is 0 Å². The summed E-state index contributed by atoms with van der Waals surface area (Å²) in [4.78, 5) is 6.32. The van der Waals surface area contributed by atoms with Crippen molar-refractivity contribution in [1.29, 1.82) is 0 Å². The van der Waals surface area contributed by atoms with Gasteiger partial charge < -0.3 is 19.6 Å². The molecule has 2 fully saturated rings. The maximum Gasteiger partial charge on any atom is 0.166 e. The topological polar surface area (TPSA) is 57.7 Å². The molecule has 5 heteroatoms. The van der Waals surface area contributed by atoms with Crippen LogP contribution in [0.1, 0.15) is 47.8 Å². The number of piperidine rings is 1. The standard InChI is InChI=1S/C27H28N2O3/c1-31-20-9-8-16-12-21-27(30)13-18-17-4-2-3-5-19(17)28-23(18)25-26(27,22(16)24(20)32-25)10-11-29(21)14-15-6-7-15/h2-5,8-9,15,21,25,28,30H,6-7,10-14H2,1H3/t21-,25?,26+,27?/m1/s1. The monoisotopic (exact) mass is 428 g/mol. The van der Waals surface area contributed by atoms with E-state index in [1.165, 1.54) is 34.9 Å². The lowest BCUT2D eigenvalue weighted by Crippen LogP contribution is -2.74. The van der Waals surface area contributed by atoms with E-state index in [0.29, 0.717) is 6.42 Å². The number of aromatic amines is 1. The Morgan fingerprint density at radius 1 is 1.22 bits per heavy atom. The maximum absolute atomic E-state index is 12.8. The van der Waals surface area contributed by atoms with Gasteiger partial charge in [0.25, 0.3) is 0 Å². The SMILES string of the molecule is COc1ccc2c3c1OC1c4[nH]c5ccccc5c4CC4(O)[C@@H](C2)N(CC2CC2)CC[C@]314. The smallest absolute Gasteiger partial charge is 0.166 e. The molecule has 3 aromatic rings. The minimum absolute atomic E-state index is 0.122. The van der Waals surface area contributed by atoms with Crippen molar-refractivity contribution in [3.63, 3.8) is 0 Å². The lowest BCUT2D eigenvalue weighted by Gasteiger charge is -2.62. The largest absolute Gasteiger partial charge is 0.493 e. The van der Waals surface area contributed by atoms with Crippen LogP contribution in [0.5, 0.6) is 11.5 Å². The first-order valence-electron chi connectivity index (χ1n) is 12.1. The first kappa shape index (κ1) is 18.0. The second-order valence-corrected chi connectivity index (χ2v) is 10.7. The van der Waals surface area contributed by atoms with Crippen LogP contribution in [0, 0.1) is 5.92 Å². The molecule has 8 rings (SSSR count). The van der Waals surface area contributed by atoms with E-state index in [9.17, 15) is 5.11 Å². The van der Waals surface area contributed by atoms with Crippen molar-refractivity contribution in [2.24, 2.45) is 5.92 Å². The Balaban J connectivity index is 1.42. The summed E-state index contributed by atoms with van der Waals surface area (Å²) < 4.78 is 12.6. The van der Waals surface area contributed by atoms with Crippen LogP contribution in [0.25, 0.3) is 10.9 Å². The van der Waals surface area contributed by atoms with Gasteiger partial charge in [-0.1, -0.05) is 24.3 Å². The van der Waals surface area contributed by atoms with Crippen LogP contribution in [0.2, 0.25) is 0 Å². The number of benzene rings is 2. The van der Waals surface area contributed by atoms with Crippen molar-refractivity contribution in [3.8, 4) is 11.5 Å². The van der Waals surface area contributed by atoms with Gasteiger partial charge in [0, 0.05) is 35.5 Å². The zero-order valence-electron chi connectivity index (χ0n) is 18.4. The molecule has 0 amide bonds. The van der Waals surface area contributed by atoms with Crippen molar-refractivity contribution in [2.75, 3.05) is 20.2 Å². The van der Waals surface area contributed by atoms with Gasteiger partial charge >= 0.3 is 0 Å². The number of rotatable bonds is 3. The molecule has 1 aromatic heterocycles. The highest BCUT2D eigenvalue weighted by atomic mass is 16.5. The molecule has 32 heavy (non-hydrogen) atoms. The van der Waals surface area contributed by atoms with Crippen LogP contribution in [0.3, 0.4) is 0 Å². The number of fused-ring (bicyclic) bond motifs is 4. The Morgan fingerprint density at radius 3 is 2.94 bits per heavy atom. The van der Waals surface area contributed by atoms with Gasteiger partial charge in [0.1, 0.15) is 0 Å². The number of para-hydroxylation sites is 1. The molecule has 2 bridgehead atoms.